The number of halogens is 2. The highest BCUT2D eigenvalue weighted by atomic mass is 79.9. The number of benzene rings is 2. The van der Waals surface area contributed by atoms with E-state index in [0.717, 1.165) is 39.6 Å². The smallest absolute Gasteiger partial charge is 0.123 e. The molecule has 2 aromatic rings. The van der Waals surface area contributed by atoms with Gasteiger partial charge in [-0.15, -0.1) is 0 Å². The van der Waals surface area contributed by atoms with Gasteiger partial charge in [-0.25, -0.2) is 0 Å². The molecule has 110 valence electrons. The van der Waals surface area contributed by atoms with Gasteiger partial charge in [-0.1, -0.05) is 11.6 Å². The van der Waals surface area contributed by atoms with Crippen molar-refractivity contribution in [3.8, 4) is 11.5 Å². The van der Waals surface area contributed by atoms with E-state index in [1.165, 1.54) is 5.56 Å². The summed E-state index contributed by atoms with van der Waals surface area (Å²) in [5.41, 5.74) is 2.16. The highest BCUT2D eigenvalue weighted by Crippen LogP contribution is 2.32. The molecule has 3 nitrogen and oxygen atoms in total. The van der Waals surface area contributed by atoms with E-state index in [1.54, 1.807) is 7.11 Å². The molecule has 1 N–H and O–H groups in total. The van der Waals surface area contributed by atoms with Crippen molar-refractivity contribution in [2.24, 2.45) is 0 Å². The van der Waals surface area contributed by atoms with Gasteiger partial charge in [0, 0.05) is 22.0 Å². The zero-order valence-electron chi connectivity index (χ0n) is 11.5. The lowest BCUT2D eigenvalue weighted by molar-refractivity contribution is 0.246. The van der Waals surface area contributed by atoms with Gasteiger partial charge in [-0.3, -0.25) is 0 Å². The molecule has 2 aromatic carbocycles. The number of methoxy groups -OCH3 is 1. The van der Waals surface area contributed by atoms with Crippen LogP contribution in [0.5, 0.6) is 11.5 Å². The number of ether oxygens (including phenoxy) is 2. The SMILES string of the molecule is COc1ccc(Br)c(NCC2Cc3cc(Cl)ccc3O2)c1. The molecule has 21 heavy (non-hydrogen) atoms. The summed E-state index contributed by atoms with van der Waals surface area (Å²) >= 11 is 9.54. The maximum Gasteiger partial charge on any atom is 0.123 e. The fraction of sp³-hybridized carbons (Fsp3) is 0.250. The summed E-state index contributed by atoms with van der Waals surface area (Å²) in [5, 5.41) is 4.15. The Morgan fingerprint density at radius 2 is 2.19 bits per heavy atom. The second kappa shape index (κ2) is 6.16. The Kier molecular flexibility index (Phi) is 4.27. The van der Waals surface area contributed by atoms with Crippen LogP contribution in [0.3, 0.4) is 0 Å². The highest BCUT2D eigenvalue weighted by molar-refractivity contribution is 9.10. The third-order valence-corrected chi connectivity index (χ3v) is 4.38. The van der Waals surface area contributed by atoms with Crippen molar-refractivity contribution >= 4 is 33.2 Å². The van der Waals surface area contributed by atoms with Gasteiger partial charge >= 0.3 is 0 Å². The minimum atomic E-state index is 0.108. The first-order valence-electron chi connectivity index (χ1n) is 6.68. The van der Waals surface area contributed by atoms with E-state index in [2.05, 4.69) is 21.2 Å². The molecular weight excluding hydrogens is 354 g/mol. The summed E-state index contributed by atoms with van der Waals surface area (Å²) in [6.45, 7) is 0.720. The molecule has 1 aliphatic heterocycles. The van der Waals surface area contributed by atoms with E-state index in [-0.39, 0.29) is 6.10 Å². The Morgan fingerprint density at radius 3 is 3.00 bits per heavy atom. The molecule has 0 spiro atoms. The average Bonchev–Trinajstić information content (AvgIpc) is 2.88. The molecule has 0 aliphatic carbocycles. The van der Waals surface area contributed by atoms with E-state index >= 15 is 0 Å². The standard InChI is InChI=1S/C16H15BrClNO2/c1-20-12-3-4-14(17)15(8-12)19-9-13-7-10-6-11(18)2-5-16(10)21-13/h2-6,8,13,19H,7,9H2,1H3. The first-order valence-corrected chi connectivity index (χ1v) is 7.85. The molecule has 0 bridgehead atoms. The largest absolute Gasteiger partial charge is 0.497 e. The van der Waals surface area contributed by atoms with Gasteiger partial charge < -0.3 is 14.8 Å². The summed E-state index contributed by atoms with van der Waals surface area (Å²) in [7, 11) is 1.66. The second-order valence-electron chi connectivity index (χ2n) is 4.92. The Morgan fingerprint density at radius 1 is 1.33 bits per heavy atom. The maximum absolute atomic E-state index is 6.01. The zero-order valence-corrected chi connectivity index (χ0v) is 13.9. The fourth-order valence-electron chi connectivity index (χ4n) is 2.39. The van der Waals surface area contributed by atoms with Crippen LogP contribution in [-0.2, 0) is 6.42 Å². The summed E-state index contributed by atoms with van der Waals surface area (Å²) in [4.78, 5) is 0. The molecular formula is C16H15BrClNO2. The first-order chi connectivity index (χ1) is 10.2. The second-order valence-corrected chi connectivity index (χ2v) is 6.21. The fourth-order valence-corrected chi connectivity index (χ4v) is 2.97. The third-order valence-electron chi connectivity index (χ3n) is 3.46. The molecule has 1 unspecified atom stereocenters. The van der Waals surface area contributed by atoms with Crippen molar-refractivity contribution in [3.63, 3.8) is 0 Å². The average molecular weight is 369 g/mol. The maximum atomic E-state index is 6.01. The van der Waals surface area contributed by atoms with Crippen LogP contribution in [-0.4, -0.2) is 19.8 Å². The summed E-state index contributed by atoms with van der Waals surface area (Å²) < 4.78 is 12.2. The van der Waals surface area contributed by atoms with Crippen molar-refractivity contribution in [2.75, 3.05) is 19.0 Å². The lowest BCUT2D eigenvalue weighted by Gasteiger charge is -2.14. The van der Waals surface area contributed by atoms with Gasteiger partial charge in [-0.2, -0.15) is 0 Å². The normalized spacial score (nSPS) is 16.2. The van der Waals surface area contributed by atoms with Gasteiger partial charge in [0.2, 0.25) is 0 Å². The zero-order chi connectivity index (χ0) is 14.8. The predicted octanol–water partition coefficient (Wildman–Crippen LogP) is 4.53. The number of hydrogen-bond acceptors (Lipinski definition) is 3. The van der Waals surface area contributed by atoms with Gasteiger partial charge in [0.25, 0.3) is 0 Å². The van der Waals surface area contributed by atoms with Crippen LogP contribution in [0, 0.1) is 0 Å². The first kappa shape index (κ1) is 14.5. The van der Waals surface area contributed by atoms with Gasteiger partial charge in [0.1, 0.15) is 17.6 Å². The van der Waals surface area contributed by atoms with Gasteiger partial charge in [0.05, 0.1) is 19.3 Å². The highest BCUT2D eigenvalue weighted by Gasteiger charge is 2.22. The monoisotopic (exact) mass is 367 g/mol. The van der Waals surface area contributed by atoms with Crippen molar-refractivity contribution in [2.45, 2.75) is 12.5 Å². The van der Waals surface area contributed by atoms with Crippen LogP contribution in [0.4, 0.5) is 5.69 Å². The molecule has 1 atom stereocenters. The van der Waals surface area contributed by atoms with Crippen molar-refractivity contribution < 1.29 is 9.47 Å². The molecule has 0 fully saturated rings. The Hall–Kier alpha value is -1.39. The van der Waals surface area contributed by atoms with Gasteiger partial charge in [-0.05, 0) is 51.8 Å². The van der Waals surface area contributed by atoms with Crippen LogP contribution in [0.15, 0.2) is 40.9 Å². The van der Waals surface area contributed by atoms with E-state index in [1.807, 2.05) is 36.4 Å². The van der Waals surface area contributed by atoms with Crippen molar-refractivity contribution in [1.82, 2.24) is 0 Å². The number of rotatable bonds is 4. The summed E-state index contributed by atoms with van der Waals surface area (Å²) in [6, 6.07) is 11.6. The third kappa shape index (κ3) is 3.27. The van der Waals surface area contributed by atoms with Crippen LogP contribution < -0.4 is 14.8 Å². The van der Waals surface area contributed by atoms with Crippen LogP contribution in [0.25, 0.3) is 0 Å². The van der Waals surface area contributed by atoms with Crippen LogP contribution >= 0.6 is 27.5 Å². The summed E-state index contributed by atoms with van der Waals surface area (Å²) in [6.07, 6.45) is 0.973. The van der Waals surface area contributed by atoms with E-state index in [0.29, 0.717) is 0 Å². The van der Waals surface area contributed by atoms with E-state index in [4.69, 9.17) is 21.1 Å². The van der Waals surface area contributed by atoms with Crippen molar-refractivity contribution in [1.29, 1.82) is 0 Å². The topological polar surface area (TPSA) is 30.5 Å². The molecule has 0 aromatic heterocycles. The Balaban J connectivity index is 1.65. The number of anilines is 1. The molecule has 5 heteroatoms. The van der Waals surface area contributed by atoms with E-state index < -0.39 is 0 Å². The van der Waals surface area contributed by atoms with Gasteiger partial charge in [0.15, 0.2) is 0 Å². The Bertz CT molecular complexity index is 663. The summed E-state index contributed by atoms with van der Waals surface area (Å²) in [5.74, 6) is 1.75. The molecule has 0 saturated heterocycles. The van der Waals surface area contributed by atoms with Crippen LogP contribution in [0.2, 0.25) is 5.02 Å². The van der Waals surface area contributed by atoms with E-state index in [9.17, 15) is 0 Å². The molecule has 1 aliphatic rings. The molecule has 0 radical (unpaired) electrons. The lowest BCUT2D eigenvalue weighted by Crippen LogP contribution is -2.24. The lowest BCUT2D eigenvalue weighted by atomic mass is 10.1. The number of hydrogen-bond donors (Lipinski definition) is 1. The number of nitrogens with one attached hydrogen (secondary N) is 1. The minimum Gasteiger partial charge on any atom is -0.497 e. The quantitative estimate of drug-likeness (QED) is 0.860. The molecule has 0 saturated carbocycles. The number of fused-ring (bicyclic) bond motifs is 1. The van der Waals surface area contributed by atoms with Crippen LogP contribution in [0.1, 0.15) is 5.56 Å². The van der Waals surface area contributed by atoms with Crippen molar-refractivity contribution in [3.05, 3.63) is 51.5 Å². The molecule has 3 rings (SSSR count). The minimum absolute atomic E-state index is 0.108. The Labute approximate surface area is 137 Å². The predicted molar refractivity (Wildman–Crippen MR) is 88.8 cm³/mol. The molecule has 0 amide bonds. The molecule has 1 heterocycles.